The van der Waals surface area contributed by atoms with Crippen LogP contribution in [0.4, 0.5) is 0 Å². The van der Waals surface area contributed by atoms with Crippen LogP contribution in [0.5, 0.6) is 17.2 Å². The fraction of sp³-hybridized carbons (Fsp3) is 0.143. The molecule has 0 unspecified atom stereocenters. The van der Waals surface area contributed by atoms with Crippen molar-refractivity contribution in [3.05, 3.63) is 71.3 Å². The van der Waals surface area contributed by atoms with Crippen LogP contribution in [0.2, 0.25) is 0 Å². The number of aryl methyl sites for hydroxylation is 3. The van der Waals surface area contributed by atoms with Crippen LogP contribution in [-0.2, 0) is 30.4 Å². The average Bonchev–Trinajstić information content (AvgIpc) is 2.72. The molecule has 3 aromatic rings. The molecule has 3 N–H and O–H groups in total. The number of para-hydroxylation sites is 3. The van der Waals surface area contributed by atoms with Gasteiger partial charge >= 0.3 is 17.4 Å². The van der Waals surface area contributed by atoms with Crippen LogP contribution in [-0.4, -0.2) is 71.6 Å². The second kappa shape index (κ2) is 13.2. The van der Waals surface area contributed by atoms with Crippen LogP contribution in [0.3, 0.4) is 0 Å². The number of aromatic hydroxyl groups is 3. The molecule has 0 aliphatic heterocycles. The summed E-state index contributed by atoms with van der Waals surface area (Å²) < 4.78 is 94.4. The van der Waals surface area contributed by atoms with Crippen molar-refractivity contribution in [2.75, 3.05) is 0 Å². The third kappa shape index (κ3) is 9.95. The third-order valence-corrected chi connectivity index (χ3v) is 7.01. The summed E-state index contributed by atoms with van der Waals surface area (Å²) in [5.41, 5.74) is 1.10. The Morgan fingerprint density at radius 3 is 0.811 bits per heavy atom. The number of hydrogen-bond donors (Lipinski definition) is 3. The first kappa shape index (κ1) is 34.3. The Balaban J connectivity index is 0.000000518. The summed E-state index contributed by atoms with van der Waals surface area (Å²) >= 11 is 0. The van der Waals surface area contributed by atoms with Crippen molar-refractivity contribution in [1.29, 1.82) is 0 Å². The molecule has 16 heteroatoms. The van der Waals surface area contributed by atoms with Gasteiger partial charge in [0.15, 0.2) is 0 Å². The van der Waals surface area contributed by atoms with Crippen molar-refractivity contribution in [3.8, 4) is 17.2 Å². The summed E-state index contributed by atoms with van der Waals surface area (Å²) in [4.78, 5) is -1.70. The van der Waals surface area contributed by atoms with Gasteiger partial charge in [-0.2, -0.15) is 0 Å². The van der Waals surface area contributed by atoms with Crippen LogP contribution in [0, 0.1) is 20.8 Å². The van der Waals surface area contributed by atoms with Crippen LogP contribution in [0.25, 0.3) is 0 Å². The zero-order chi connectivity index (χ0) is 28.1. The van der Waals surface area contributed by atoms with Gasteiger partial charge in [0.2, 0.25) is 0 Å². The van der Waals surface area contributed by atoms with Crippen LogP contribution >= 0.6 is 0 Å². The van der Waals surface area contributed by atoms with Crippen LogP contribution < -0.4 is 0 Å². The Labute approximate surface area is 225 Å². The molecular weight excluding hydrogens is 567 g/mol. The number of hydrogen-bond acceptors (Lipinski definition) is 12. The van der Waals surface area contributed by atoms with Gasteiger partial charge in [0.1, 0.15) is 47.6 Å². The minimum Gasteiger partial charge on any atom is -0.744 e. The topological polar surface area (TPSA) is 232 Å². The van der Waals surface area contributed by atoms with E-state index in [9.17, 15) is 38.9 Å². The van der Waals surface area contributed by atoms with E-state index in [2.05, 4.69) is 0 Å². The molecule has 0 aliphatic carbocycles. The number of benzene rings is 3. The molecule has 0 fully saturated rings. The maximum atomic E-state index is 10.5. The van der Waals surface area contributed by atoms with E-state index in [0.717, 1.165) is 18.2 Å². The van der Waals surface area contributed by atoms with Gasteiger partial charge in [-0.1, -0.05) is 36.4 Å². The molecule has 0 saturated carbocycles. The van der Waals surface area contributed by atoms with Crippen molar-refractivity contribution in [1.82, 2.24) is 0 Å². The van der Waals surface area contributed by atoms with Crippen molar-refractivity contribution >= 4 is 47.7 Å². The second-order valence-electron chi connectivity index (χ2n) is 7.13. The molecule has 0 atom stereocenters. The van der Waals surface area contributed by atoms with E-state index in [1.54, 1.807) is 0 Å². The number of phenols is 3. The molecule has 3 rings (SSSR count). The molecule has 0 heterocycles. The summed E-state index contributed by atoms with van der Waals surface area (Å²) in [6, 6.07) is 12.0. The molecular formula is C21H21AlO12S3. The van der Waals surface area contributed by atoms with Crippen LogP contribution in [0.15, 0.2) is 69.3 Å². The molecule has 12 nitrogen and oxygen atoms in total. The number of rotatable bonds is 3. The Bertz CT molecular complexity index is 1380. The first-order chi connectivity index (χ1) is 16.3. The van der Waals surface area contributed by atoms with Crippen molar-refractivity contribution in [2.45, 2.75) is 35.5 Å². The van der Waals surface area contributed by atoms with Gasteiger partial charge < -0.3 is 29.0 Å². The van der Waals surface area contributed by atoms with E-state index in [1.807, 2.05) is 0 Å². The predicted octanol–water partition coefficient (Wildman–Crippen LogP) is 1.43. The molecule has 0 saturated heterocycles. The molecule has 37 heavy (non-hydrogen) atoms. The Morgan fingerprint density at radius 1 is 0.486 bits per heavy atom. The molecule has 3 aromatic carbocycles. The fourth-order valence-electron chi connectivity index (χ4n) is 2.50. The second-order valence-corrected chi connectivity index (χ2v) is 11.2. The van der Waals surface area contributed by atoms with E-state index in [4.69, 9.17) is 15.3 Å². The Morgan fingerprint density at radius 2 is 0.676 bits per heavy atom. The standard InChI is InChI=1S/3C7H8O4S.Al/c3*1-5-3-2-4-6(7(5)8)12(9,10)11;/h3*2-4,8H,1H3,(H,9,10,11);/q;;;+3/p-3. The Hall–Kier alpha value is -2.68. The van der Waals surface area contributed by atoms with E-state index in [1.165, 1.54) is 57.2 Å². The summed E-state index contributed by atoms with van der Waals surface area (Å²) in [6.07, 6.45) is 0. The van der Waals surface area contributed by atoms with E-state index >= 15 is 0 Å². The SMILES string of the molecule is Cc1cccc(S(=O)(=O)[O-])c1O.Cc1cccc(S(=O)(=O)[O-])c1O.Cc1cccc(S(=O)(=O)[O-])c1O.[Al+3]. The molecule has 0 radical (unpaired) electrons. The van der Waals surface area contributed by atoms with Gasteiger partial charge in [0, 0.05) is 0 Å². The molecule has 198 valence electrons. The van der Waals surface area contributed by atoms with E-state index < -0.39 is 62.3 Å². The molecule has 0 spiro atoms. The third-order valence-electron chi connectivity index (χ3n) is 4.41. The van der Waals surface area contributed by atoms with Crippen LogP contribution in [0.1, 0.15) is 16.7 Å². The largest absolute Gasteiger partial charge is 3.00 e. The minimum atomic E-state index is -4.56. The molecule has 0 amide bonds. The summed E-state index contributed by atoms with van der Waals surface area (Å²) in [6.45, 7) is 4.55. The minimum absolute atomic E-state index is 0. The zero-order valence-electron chi connectivity index (χ0n) is 19.5. The van der Waals surface area contributed by atoms with Crippen molar-refractivity contribution in [2.24, 2.45) is 0 Å². The smallest absolute Gasteiger partial charge is 0.744 e. The fourth-order valence-corrected chi connectivity index (χ4v) is 4.43. The van der Waals surface area contributed by atoms with Crippen molar-refractivity contribution in [3.63, 3.8) is 0 Å². The predicted molar refractivity (Wildman–Crippen MR) is 128 cm³/mol. The van der Waals surface area contributed by atoms with Gasteiger partial charge in [-0.05, 0) is 55.7 Å². The van der Waals surface area contributed by atoms with E-state index in [-0.39, 0.29) is 17.4 Å². The zero-order valence-corrected chi connectivity index (χ0v) is 23.1. The van der Waals surface area contributed by atoms with Gasteiger partial charge in [-0.25, -0.2) is 25.3 Å². The molecule has 0 aromatic heterocycles. The maximum absolute atomic E-state index is 10.5. The van der Waals surface area contributed by atoms with E-state index in [0.29, 0.717) is 16.7 Å². The van der Waals surface area contributed by atoms with Gasteiger partial charge in [0.25, 0.3) is 0 Å². The monoisotopic (exact) mass is 588 g/mol. The first-order valence-corrected chi connectivity index (χ1v) is 13.7. The summed E-state index contributed by atoms with van der Waals surface area (Å²) in [5.74, 6) is -1.40. The maximum Gasteiger partial charge on any atom is 3.00 e. The first-order valence-electron chi connectivity index (χ1n) is 9.52. The summed E-state index contributed by atoms with van der Waals surface area (Å²) in [5, 5.41) is 27.5. The average molecular weight is 589 g/mol. The number of phenolic OH excluding ortho intramolecular Hbond substituents is 3. The quantitative estimate of drug-likeness (QED) is 0.291. The van der Waals surface area contributed by atoms with Gasteiger partial charge in [-0.3, -0.25) is 0 Å². The van der Waals surface area contributed by atoms with Gasteiger partial charge in [-0.15, -0.1) is 0 Å². The molecule has 0 aliphatic rings. The molecule has 0 bridgehead atoms. The Kier molecular flexibility index (Phi) is 12.3. The normalized spacial score (nSPS) is 11.2. The van der Waals surface area contributed by atoms with Gasteiger partial charge in [0.05, 0.1) is 14.7 Å². The summed E-state index contributed by atoms with van der Waals surface area (Å²) in [7, 11) is -13.7. The van der Waals surface area contributed by atoms with Crippen molar-refractivity contribution < 1.29 is 54.2 Å².